The third kappa shape index (κ3) is 3.52. The lowest BCUT2D eigenvalue weighted by molar-refractivity contribution is 0.529. The molecule has 2 nitrogen and oxygen atoms in total. The number of benzene rings is 1. The van der Waals surface area contributed by atoms with E-state index in [1.807, 2.05) is 11.8 Å². The van der Waals surface area contributed by atoms with Crippen LogP contribution in [0.5, 0.6) is 0 Å². The van der Waals surface area contributed by atoms with E-state index in [1.165, 1.54) is 23.2 Å². The molecule has 0 aromatic heterocycles. The van der Waals surface area contributed by atoms with E-state index >= 15 is 0 Å². The summed E-state index contributed by atoms with van der Waals surface area (Å²) in [4.78, 5) is 4.76. The van der Waals surface area contributed by atoms with Gasteiger partial charge in [-0.25, -0.2) is 0 Å². The van der Waals surface area contributed by atoms with Gasteiger partial charge < -0.3 is 5.32 Å². The zero-order valence-corrected chi connectivity index (χ0v) is 12.5. The van der Waals surface area contributed by atoms with Gasteiger partial charge in [0.1, 0.15) is 0 Å². The van der Waals surface area contributed by atoms with E-state index in [-0.39, 0.29) is 0 Å². The summed E-state index contributed by atoms with van der Waals surface area (Å²) in [5, 5.41) is 4.53. The van der Waals surface area contributed by atoms with Crippen molar-refractivity contribution in [3.8, 4) is 0 Å². The molecule has 3 heteroatoms. The second-order valence-electron chi connectivity index (χ2n) is 5.47. The predicted octanol–water partition coefficient (Wildman–Crippen LogP) is 4.23. The first-order valence-electron chi connectivity index (χ1n) is 6.59. The molecule has 1 aliphatic heterocycles. The van der Waals surface area contributed by atoms with E-state index in [2.05, 4.69) is 51.2 Å². The Balaban J connectivity index is 2.02. The number of aliphatic imine (C=N–C) groups is 1. The molecule has 1 atom stereocenters. The summed E-state index contributed by atoms with van der Waals surface area (Å²) < 4.78 is 0. The van der Waals surface area contributed by atoms with Gasteiger partial charge in [-0.1, -0.05) is 43.3 Å². The van der Waals surface area contributed by atoms with Gasteiger partial charge >= 0.3 is 0 Å². The van der Waals surface area contributed by atoms with E-state index in [1.54, 1.807) is 0 Å². The Morgan fingerprint density at radius 1 is 1.39 bits per heavy atom. The Hall–Kier alpha value is -0.960. The second kappa shape index (κ2) is 5.79. The first kappa shape index (κ1) is 13.5. The monoisotopic (exact) mass is 262 g/mol. The highest BCUT2D eigenvalue weighted by Crippen LogP contribution is 2.25. The van der Waals surface area contributed by atoms with Crippen molar-refractivity contribution in [1.82, 2.24) is 0 Å². The first-order valence-corrected chi connectivity index (χ1v) is 7.58. The summed E-state index contributed by atoms with van der Waals surface area (Å²) in [7, 11) is 0. The summed E-state index contributed by atoms with van der Waals surface area (Å²) in [6.07, 6.45) is 1.19. The average molecular weight is 262 g/mol. The maximum absolute atomic E-state index is 4.76. The van der Waals surface area contributed by atoms with E-state index in [0.29, 0.717) is 6.04 Å². The van der Waals surface area contributed by atoms with Crippen LogP contribution in [0.3, 0.4) is 0 Å². The molecule has 0 saturated heterocycles. The van der Waals surface area contributed by atoms with Gasteiger partial charge in [-0.15, -0.1) is 0 Å². The number of aryl methyl sites for hydroxylation is 2. The minimum absolute atomic E-state index is 0.489. The van der Waals surface area contributed by atoms with Gasteiger partial charge in [-0.05, 0) is 37.8 Å². The molecule has 0 radical (unpaired) electrons. The van der Waals surface area contributed by atoms with Crippen LogP contribution >= 0.6 is 11.8 Å². The molecule has 0 fully saturated rings. The number of rotatable bonds is 3. The van der Waals surface area contributed by atoms with Crippen LogP contribution in [0.25, 0.3) is 0 Å². The zero-order valence-electron chi connectivity index (χ0n) is 11.7. The Bertz CT molecular complexity index is 452. The van der Waals surface area contributed by atoms with Gasteiger partial charge in [-0.3, -0.25) is 4.99 Å². The maximum Gasteiger partial charge on any atom is 0.161 e. The highest BCUT2D eigenvalue weighted by Gasteiger charge is 2.19. The lowest BCUT2D eigenvalue weighted by Crippen LogP contribution is -2.08. The van der Waals surface area contributed by atoms with Gasteiger partial charge in [0, 0.05) is 11.4 Å². The van der Waals surface area contributed by atoms with E-state index < -0.39 is 0 Å². The van der Waals surface area contributed by atoms with Crippen LogP contribution in [-0.2, 0) is 0 Å². The predicted molar refractivity (Wildman–Crippen MR) is 82.7 cm³/mol. The fraction of sp³-hybridized carbons (Fsp3) is 0.533. The van der Waals surface area contributed by atoms with Gasteiger partial charge in [0.2, 0.25) is 0 Å². The van der Waals surface area contributed by atoms with Crippen LogP contribution in [0, 0.1) is 19.8 Å². The van der Waals surface area contributed by atoms with Crippen LogP contribution in [0.1, 0.15) is 31.4 Å². The molecule has 0 amide bonds. The van der Waals surface area contributed by atoms with Crippen molar-refractivity contribution in [2.24, 2.45) is 10.9 Å². The lowest BCUT2D eigenvalue weighted by Gasteiger charge is -2.09. The summed E-state index contributed by atoms with van der Waals surface area (Å²) >= 11 is 1.84. The van der Waals surface area contributed by atoms with Crippen LogP contribution in [0.2, 0.25) is 0 Å². The number of nitrogens with one attached hydrogen (secondary N) is 1. The van der Waals surface area contributed by atoms with Crippen molar-refractivity contribution in [3.63, 3.8) is 0 Å². The first-order chi connectivity index (χ1) is 8.54. The molecule has 1 heterocycles. The maximum atomic E-state index is 4.76. The number of nitrogens with zero attached hydrogens (tertiary/aromatic N) is 1. The lowest BCUT2D eigenvalue weighted by atomic mass is 10.1. The van der Waals surface area contributed by atoms with E-state index in [4.69, 9.17) is 4.99 Å². The molecule has 0 saturated carbocycles. The molecule has 1 unspecified atom stereocenters. The topological polar surface area (TPSA) is 24.4 Å². The van der Waals surface area contributed by atoms with Crippen molar-refractivity contribution in [2.75, 3.05) is 11.1 Å². The molecule has 1 aromatic carbocycles. The summed E-state index contributed by atoms with van der Waals surface area (Å²) in [6, 6.07) is 6.97. The van der Waals surface area contributed by atoms with E-state index in [0.717, 1.165) is 16.8 Å². The molecular formula is C15H22N2S. The molecule has 0 aliphatic carbocycles. The zero-order chi connectivity index (χ0) is 13.1. The smallest absolute Gasteiger partial charge is 0.161 e. The van der Waals surface area contributed by atoms with Crippen molar-refractivity contribution >= 4 is 22.6 Å². The number of hydrogen-bond acceptors (Lipinski definition) is 3. The molecule has 1 aliphatic rings. The highest BCUT2D eigenvalue weighted by molar-refractivity contribution is 8.14. The number of hydrogen-bond donors (Lipinski definition) is 1. The molecule has 2 rings (SSSR count). The fourth-order valence-electron chi connectivity index (χ4n) is 2.22. The standard InChI is InChI=1S/C15H22N2S/c1-10(2)7-13-9-18-15(16-13)17-14-6-5-11(3)8-12(14)4/h5-6,8,10,13H,7,9H2,1-4H3,(H,16,17). The summed E-state index contributed by atoms with van der Waals surface area (Å²) in [5.41, 5.74) is 3.76. The van der Waals surface area contributed by atoms with Crippen molar-refractivity contribution in [3.05, 3.63) is 29.3 Å². The van der Waals surface area contributed by atoms with E-state index in [9.17, 15) is 0 Å². The van der Waals surface area contributed by atoms with Gasteiger partial charge in [0.05, 0.1) is 6.04 Å². The summed E-state index contributed by atoms with van der Waals surface area (Å²) in [6.45, 7) is 8.78. The van der Waals surface area contributed by atoms with Gasteiger partial charge in [0.15, 0.2) is 5.17 Å². The van der Waals surface area contributed by atoms with Gasteiger partial charge in [-0.2, -0.15) is 0 Å². The highest BCUT2D eigenvalue weighted by atomic mass is 32.2. The molecule has 98 valence electrons. The molecule has 1 aromatic rings. The van der Waals surface area contributed by atoms with Crippen molar-refractivity contribution in [2.45, 2.75) is 40.2 Å². The Kier molecular flexibility index (Phi) is 4.33. The van der Waals surface area contributed by atoms with Crippen LogP contribution in [0.15, 0.2) is 23.2 Å². The van der Waals surface area contributed by atoms with Crippen LogP contribution in [0.4, 0.5) is 5.69 Å². The quantitative estimate of drug-likeness (QED) is 0.881. The molecule has 18 heavy (non-hydrogen) atoms. The largest absolute Gasteiger partial charge is 0.335 e. The average Bonchev–Trinajstić information content (AvgIpc) is 2.69. The number of thioether (sulfide) groups is 1. The molecule has 0 spiro atoms. The number of amidine groups is 1. The Labute approximate surface area is 114 Å². The van der Waals surface area contributed by atoms with Crippen molar-refractivity contribution < 1.29 is 0 Å². The summed E-state index contributed by atoms with van der Waals surface area (Å²) in [5.74, 6) is 1.84. The third-order valence-electron chi connectivity index (χ3n) is 3.08. The molecule has 1 N–H and O–H groups in total. The normalized spacial score (nSPS) is 19.2. The molecular weight excluding hydrogens is 240 g/mol. The fourth-order valence-corrected chi connectivity index (χ4v) is 3.18. The van der Waals surface area contributed by atoms with Gasteiger partial charge in [0.25, 0.3) is 0 Å². The molecule has 0 bridgehead atoms. The SMILES string of the molecule is Cc1ccc(NC2=NC(CC(C)C)CS2)c(C)c1. The minimum Gasteiger partial charge on any atom is -0.335 e. The van der Waals surface area contributed by atoms with Crippen molar-refractivity contribution in [1.29, 1.82) is 0 Å². The van der Waals surface area contributed by atoms with Crippen LogP contribution in [-0.4, -0.2) is 17.0 Å². The third-order valence-corrected chi connectivity index (χ3v) is 4.11. The number of anilines is 1. The Morgan fingerprint density at radius 3 is 2.83 bits per heavy atom. The Morgan fingerprint density at radius 2 is 2.17 bits per heavy atom. The van der Waals surface area contributed by atoms with Crippen LogP contribution < -0.4 is 5.32 Å². The second-order valence-corrected chi connectivity index (χ2v) is 6.48. The minimum atomic E-state index is 0.489.